The number of unbranched alkanes of at least 4 members (excludes halogenated alkanes) is 6. The molecule has 0 aromatic heterocycles. The predicted octanol–water partition coefficient (Wildman–Crippen LogP) is 3.28. The summed E-state index contributed by atoms with van der Waals surface area (Å²) in [5.74, 6) is -0.0976. The minimum atomic E-state index is -0.0976. The van der Waals surface area contributed by atoms with Crippen LogP contribution in [0.5, 0.6) is 0 Å². The number of ether oxygens (including phenoxy) is 1. The summed E-state index contributed by atoms with van der Waals surface area (Å²) >= 11 is 0. The number of esters is 1. The van der Waals surface area contributed by atoms with Crippen molar-refractivity contribution in [3.63, 3.8) is 0 Å². The lowest BCUT2D eigenvalue weighted by Crippen LogP contribution is -2.20. The smallest absolute Gasteiger partial charge is 0.307 e. The number of nitrogens with one attached hydrogen (secondary N) is 1. The molecule has 1 N–H and O–H groups in total. The van der Waals surface area contributed by atoms with Crippen LogP contribution in [0.4, 0.5) is 0 Å². The van der Waals surface area contributed by atoms with Crippen LogP contribution in [-0.4, -0.2) is 25.7 Å². The average Bonchev–Trinajstić information content (AvgIpc) is 2.32. The summed E-state index contributed by atoms with van der Waals surface area (Å²) in [4.78, 5) is 11.0. The highest BCUT2D eigenvalue weighted by Gasteiger charge is 1.99. The van der Waals surface area contributed by atoms with Gasteiger partial charge in [0.15, 0.2) is 0 Å². The maximum atomic E-state index is 11.0. The van der Waals surface area contributed by atoms with Crippen LogP contribution in [0.15, 0.2) is 0 Å². The summed E-state index contributed by atoms with van der Waals surface area (Å²) in [5.41, 5.74) is 0. The van der Waals surface area contributed by atoms with Crippen molar-refractivity contribution in [1.29, 1.82) is 0 Å². The van der Waals surface area contributed by atoms with Crippen molar-refractivity contribution in [3.05, 3.63) is 0 Å². The topological polar surface area (TPSA) is 38.3 Å². The highest BCUT2D eigenvalue weighted by Crippen LogP contribution is 2.06. The van der Waals surface area contributed by atoms with Gasteiger partial charge >= 0.3 is 5.97 Å². The molecule has 0 aromatic rings. The SMILES string of the molecule is CCCCCCCCCNCCC(=O)OCC. The standard InChI is InChI=1S/C14H29NO2/c1-3-5-6-7-8-9-10-12-15-13-11-14(16)17-4-2/h15H,3-13H2,1-2H3. The van der Waals surface area contributed by atoms with Crippen LogP contribution in [0.25, 0.3) is 0 Å². The molecule has 0 amide bonds. The van der Waals surface area contributed by atoms with E-state index in [0.717, 1.165) is 13.1 Å². The Hall–Kier alpha value is -0.570. The fourth-order valence-corrected chi connectivity index (χ4v) is 1.76. The van der Waals surface area contributed by atoms with Crippen molar-refractivity contribution < 1.29 is 9.53 Å². The van der Waals surface area contributed by atoms with E-state index in [1.807, 2.05) is 6.92 Å². The van der Waals surface area contributed by atoms with Crippen molar-refractivity contribution >= 4 is 5.97 Å². The van der Waals surface area contributed by atoms with Crippen LogP contribution in [-0.2, 0) is 9.53 Å². The molecule has 0 unspecified atom stereocenters. The first-order chi connectivity index (χ1) is 8.31. The Morgan fingerprint density at radius 2 is 1.59 bits per heavy atom. The van der Waals surface area contributed by atoms with Gasteiger partial charge in [-0.05, 0) is 19.9 Å². The fourth-order valence-electron chi connectivity index (χ4n) is 1.76. The van der Waals surface area contributed by atoms with Crippen molar-refractivity contribution in [2.45, 2.75) is 65.2 Å². The molecule has 0 atom stereocenters. The third-order valence-corrected chi connectivity index (χ3v) is 2.77. The van der Waals surface area contributed by atoms with Gasteiger partial charge in [-0.2, -0.15) is 0 Å². The minimum Gasteiger partial charge on any atom is -0.466 e. The van der Waals surface area contributed by atoms with Gasteiger partial charge in [-0.3, -0.25) is 4.79 Å². The van der Waals surface area contributed by atoms with Gasteiger partial charge in [0.25, 0.3) is 0 Å². The van der Waals surface area contributed by atoms with E-state index in [2.05, 4.69) is 12.2 Å². The van der Waals surface area contributed by atoms with E-state index in [4.69, 9.17) is 4.74 Å². The lowest BCUT2D eigenvalue weighted by Gasteiger charge is -2.04. The van der Waals surface area contributed by atoms with E-state index < -0.39 is 0 Å². The molecule has 0 fully saturated rings. The lowest BCUT2D eigenvalue weighted by molar-refractivity contribution is -0.142. The molecule has 0 radical (unpaired) electrons. The summed E-state index contributed by atoms with van der Waals surface area (Å²) in [6, 6.07) is 0. The quantitative estimate of drug-likeness (QED) is 0.422. The second-order valence-corrected chi connectivity index (χ2v) is 4.43. The number of hydrogen-bond acceptors (Lipinski definition) is 3. The van der Waals surface area contributed by atoms with Gasteiger partial charge in [0.05, 0.1) is 13.0 Å². The molecule has 0 heterocycles. The second kappa shape index (κ2) is 13.5. The van der Waals surface area contributed by atoms with Gasteiger partial charge in [-0.1, -0.05) is 45.4 Å². The molecule has 3 nitrogen and oxygen atoms in total. The number of rotatable bonds is 12. The van der Waals surface area contributed by atoms with E-state index in [9.17, 15) is 4.79 Å². The van der Waals surface area contributed by atoms with E-state index in [1.165, 1.54) is 44.9 Å². The van der Waals surface area contributed by atoms with Gasteiger partial charge in [0.2, 0.25) is 0 Å². The van der Waals surface area contributed by atoms with E-state index in [0.29, 0.717) is 13.0 Å². The third-order valence-electron chi connectivity index (χ3n) is 2.77. The molecule has 102 valence electrons. The summed E-state index contributed by atoms with van der Waals surface area (Å²) < 4.78 is 4.85. The van der Waals surface area contributed by atoms with Crippen LogP contribution in [0.2, 0.25) is 0 Å². The zero-order chi connectivity index (χ0) is 12.8. The van der Waals surface area contributed by atoms with Crippen LogP contribution < -0.4 is 5.32 Å². The van der Waals surface area contributed by atoms with Gasteiger partial charge < -0.3 is 10.1 Å². The molecule has 0 saturated heterocycles. The maximum Gasteiger partial charge on any atom is 0.307 e. The Balaban J connectivity index is 3.01. The number of carbonyl (C=O) groups is 1. The average molecular weight is 243 g/mol. The van der Waals surface area contributed by atoms with E-state index in [-0.39, 0.29) is 5.97 Å². The monoisotopic (exact) mass is 243 g/mol. The van der Waals surface area contributed by atoms with Crippen LogP contribution in [0.1, 0.15) is 65.2 Å². The van der Waals surface area contributed by atoms with Gasteiger partial charge in [-0.15, -0.1) is 0 Å². The van der Waals surface area contributed by atoms with Gasteiger partial charge in [-0.25, -0.2) is 0 Å². The third kappa shape index (κ3) is 13.4. The molecule has 0 spiro atoms. The highest BCUT2D eigenvalue weighted by molar-refractivity contribution is 5.69. The number of hydrogen-bond donors (Lipinski definition) is 1. The Labute approximate surface area is 106 Å². The number of carbonyl (C=O) groups excluding carboxylic acids is 1. The van der Waals surface area contributed by atoms with Gasteiger partial charge in [0.1, 0.15) is 0 Å². The lowest BCUT2D eigenvalue weighted by atomic mass is 10.1. The Morgan fingerprint density at radius 3 is 2.24 bits per heavy atom. The molecule has 0 aromatic carbocycles. The molecule has 17 heavy (non-hydrogen) atoms. The highest BCUT2D eigenvalue weighted by atomic mass is 16.5. The zero-order valence-corrected chi connectivity index (χ0v) is 11.6. The molecule has 0 bridgehead atoms. The van der Waals surface area contributed by atoms with Crippen LogP contribution >= 0.6 is 0 Å². The fraction of sp³-hybridized carbons (Fsp3) is 0.929. The molecule has 3 heteroatoms. The molecule has 0 saturated carbocycles. The van der Waals surface area contributed by atoms with Crippen molar-refractivity contribution in [3.8, 4) is 0 Å². The van der Waals surface area contributed by atoms with E-state index in [1.54, 1.807) is 0 Å². The van der Waals surface area contributed by atoms with Crippen molar-refractivity contribution in [2.75, 3.05) is 19.7 Å². The first-order valence-electron chi connectivity index (χ1n) is 7.17. The summed E-state index contributed by atoms with van der Waals surface area (Å²) in [5, 5.41) is 3.28. The normalized spacial score (nSPS) is 10.5. The molecule has 0 rings (SSSR count). The Morgan fingerprint density at radius 1 is 0.941 bits per heavy atom. The Bertz CT molecular complexity index is 172. The minimum absolute atomic E-state index is 0.0976. The second-order valence-electron chi connectivity index (χ2n) is 4.43. The molecule has 0 aliphatic heterocycles. The molecule has 0 aliphatic carbocycles. The Kier molecular flexibility index (Phi) is 13.0. The van der Waals surface area contributed by atoms with Crippen molar-refractivity contribution in [1.82, 2.24) is 5.32 Å². The first-order valence-corrected chi connectivity index (χ1v) is 7.17. The van der Waals surface area contributed by atoms with Crippen LogP contribution in [0, 0.1) is 0 Å². The predicted molar refractivity (Wildman–Crippen MR) is 72.1 cm³/mol. The molecule has 0 aliphatic rings. The van der Waals surface area contributed by atoms with Gasteiger partial charge in [0, 0.05) is 6.54 Å². The first kappa shape index (κ1) is 16.4. The largest absolute Gasteiger partial charge is 0.466 e. The summed E-state index contributed by atoms with van der Waals surface area (Å²) in [6.07, 6.45) is 9.80. The van der Waals surface area contributed by atoms with E-state index >= 15 is 0 Å². The molecular weight excluding hydrogens is 214 g/mol. The summed E-state index contributed by atoms with van der Waals surface area (Å²) in [6.45, 7) is 6.33. The molecular formula is C14H29NO2. The summed E-state index contributed by atoms with van der Waals surface area (Å²) in [7, 11) is 0. The zero-order valence-electron chi connectivity index (χ0n) is 11.6. The van der Waals surface area contributed by atoms with Crippen LogP contribution in [0.3, 0.4) is 0 Å². The maximum absolute atomic E-state index is 11.0. The van der Waals surface area contributed by atoms with Crippen molar-refractivity contribution in [2.24, 2.45) is 0 Å².